The number of carbonyl (C=O) groups is 1. The lowest BCUT2D eigenvalue weighted by atomic mass is 9.86. The zero-order valence-corrected chi connectivity index (χ0v) is 14.8. The first-order chi connectivity index (χ1) is 12.1. The van der Waals surface area contributed by atoms with Crippen LogP contribution in [0.15, 0.2) is 18.3 Å². The fourth-order valence-corrected chi connectivity index (χ4v) is 3.15. The van der Waals surface area contributed by atoms with Gasteiger partial charge in [-0.3, -0.25) is 4.79 Å². The minimum Gasteiger partial charge on any atom is -0.493 e. The summed E-state index contributed by atoms with van der Waals surface area (Å²) in [6, 6.07) is 3.59. The van der Waals surface area contributed by atoms with Gasteiger partial charge in [-0.2, -0.15) is 0 Å². The first-order valence-electron chi connectivity index (χ1n) is 8.07. The molecule has 1 aliphatic rings. The van der Waals surface area contributed by atoms with Gasteiger partial charge >= 0.3 is 0 Å². The van der Waals surface area contributed by atoms with E-state index in [1.807, 2.05) is 13.0 Å². The molecule has 132 valence electrons. The van der Waals surface area contributed by atoms with Gasteiger partial charge in [0.1, 0.15) is 5.82 Å². The van der Waals surface area contributed by atoms with Crippen molar-refractivity contribution < 1.29 is 19.0 Å². The first-order valence-corrected chi connectivity index (χ1v) is 8.07. The molecule has 25 heavy (non-hydrogen) atoms. The third-order valence-electron chi connectivity index (χ3n) is 4.28. The number of hydrogen-bond donors (Lipinski definition) is 1. The van der Waals surface area contributed by atoms with Crippen molar-refractivity contribution in [3.63, 3.8) is 0 Å². The normalized spacial score (nSPS) is 16.0. The molecule has 1 aliphatic heterocycles. The third-order valence-corrected chi connectivity index (χ3v) is 4.28. The van der Waals surface area contributed by atoms with E-state index in [2.05, 4.69) is 15.3 Å². The molecule has 0 spiro atoms. The van der Waals surface area contributed by atoms with Crippen LogP contribution in [-0.2, 0) is 11.2 Å². The molecule has 1 amide bonds. The summed E-state index contributed by atoms with van der Waals surface area (Å²) in [7, 11) is 4.68. The number of aryl methyl sites for hydroxylation is 1. The number of nitrogens with zero attached hydrogens (tertiary/aromatic N) is 2. The number of ether oxygens (including phenoxy) is 3. The summed E-state index contributed by atoms with van der Waals surface area (Å²) in [5.74, 6) is 1.95. The van der Waals surface area contributed by atoms with Crippen molar-refractivity contribution in [3.8, 4) is 17.2 Å². The van der Waals surface area contributed by atoms with Crippen LogP contribution >= 0.6 is 0 Å². The quantitative estimate of drug-likeness (QED) is 0.898. The summed E-state index contributed by atoms with van der Waals surface area (Å²) in [5, 5.41) is 2.89. The number of methoxy groups -OCH3 is 3. The molecular formula is C18H21N3O4. The molecule has 7 heteroatoms. The van der Waals surface area contributed by atoms with E-state index in [1.165, 1.54) is 0 Å². The van der Waals surface area contributed by atoms with Gasteiger partial charge in [-0.1, -0.05) is 6.92 Å². The highest BCUT2D eigenvalue weighted by Gasteiger charge is 2.34. The number of anilines is 1. The Morgan fingerprint density at radius 2 is 1.96 bits per heavy atom. The van der Waals surface area contributed by atoms with Crippen LogP contribution in [-0.4, -0.2) is 37.2 Å². The Kier molecular flexibility index (Phi) is 4.74. The summed E-state index contributed by atoms with van der Waals surface area (Å²) < 4.78 is 16.5. The molecule has 1 N–H and O–H groups in total. The highest BCUT2D eigenvalue weighted by molar-refractivity contribution is 5.97. The summed E-state index contributed by atoms with van der Waals surface area (Å²) in [5.41, 5.74) is 2.27. The van der Waals surface area contributed by atoms with Crippen LogP contribution in [0.5, 0.6) is 17.2 Å². The average Bonchev–Trinajstić information content (AvgIpc) is 2.65. The molecule has 2 heterocycles. The van der Waals surface area contributed by atoms with Gasteiger partial charge in [-0.15, -0.1) is 0 Å². The molecule has 0 bridgehead atoms. The number of rotatable bonds is 5. The Balaban J connectivity index is 2.23. The van der Waals surface area contributed by atoms with Gasteiger partial charge in [0.25, 0.3) is 0 Å². The lowest BCUT2D eigenvalue weighted by molar-refractivity contribution is -0.116. The molecule has 0 radical (unpaired) electrons. The van der Waals surface area contributed by atoms with E-state index in [9.17, 15) is 4.79 Å². The first kappa shape index (κ1) is 17.0. The number of amides is 1. The largest absolute Gasteiger partial charge is 0.493 e. The van der Waals surface area contributed by atoms with Gasteiger partial charge < -0.3 is 19.5 Å². The van der Waals surface area contributed by atoms with E-state index < -0.39 is 0 Å². The third kappa shape index (κ3) is 2.97. The summed E-state index contributed by atoms with van der Waals surface area (Å²) >= 11 is 0. The van der Waals surface area contributed by atoms with E-state index in [-0.39, 0.29) is 18.2 Å². The maximum atomic E-state index is 12.3. The second kappa shape index (κ2) is 6.96. The summed E-state index contributed by atoms with van der Waals surface area (Å²) in [6.07, 6.45) is 2.72. The second-order valence-electron chi connectivity index (χ2n) is 5.66. The molecular weight excluding hydrogens is 322 g/mol. The molecule has 0 aliphatic carbocycles. The number of nitrogens with one attached hydrogen (secondary N) is 1. The van der Waals surface area contributed by atoms with Crippen LogP contribution < -0.4 is 19.5 Å². The Bertz CT molecular complexity index is 807. The maximum Gasteiger partial charge on any atom is 0.225 e. The lowest BCUT2D eigenvalue weighted by Gasteiger charge is -2.29. The summed E-state index contributed by atoms with van der Waals surface area (Å²) in [6.45, 7) is 2.00. The standard InChI is InChI=1S/C18H21N3O4/c1-5-14-19-7-6-11(20-14)10-8-15(22)21-12-9-13(23-2)17(24-3)18(25-4)16(10)12/h6-7,9-10H,5,8H2,1-4H3,(H,21,22)/t10-/m1/s1. The van der Waals surface area contributed by atoms with Crippen molar-refractivity contribution >= 4 is 11.6 Å². The van der Waals surface area contributed by atoms with E-state index in [0.717, 1.165) is 23.5 Å². The van der Waals surface area contributed by atoms with E-state index in [4.69, 9.17) is 14.2 Å². The van der Waals surface area contributed by atoms with Crippen LogP contribution in [0.25, 0.3) is 0 Å². The predicted octanol–water partition coefficient (Wildman–Crippen LogP) is 2.54. The SMILES string of the molecule is CCc1nccc([C@H]2CC(=O)Nc3cc(OC)c(OC)c(OC)c32)n1. The predicted molar refractivity (Wildman–Crippen MR) is 92.6 cm³/mol. The van der Waals surface area contributed by atoms with Gasteiger partial charge in [0.05, 0.1) is 32.7 Å². The van der Waals surface area contributed by atoms with Crippen molar-refractivity contribution in [1.82, 2.24) is 9.97 Å². The minimum atomic E-state index is -0.244. The Hall–Kier alpha value is -2.83. The molecule has 1 atom stereocenters. The van der Waals surface area contributed by atoms with Crippen LogP contribution in [0.3, 0.4) is 0 Å². The van der Waals surface area contributed by atoms with Crippen molar-refractivity contribution in [1.29, 1.82) is 0 Å². The van der Waals surface area contributed by atoms with Crippen LogP contribution in [0.1, 0.15) is 36.3 Å². The van der Waals surface area contributed by atoms with Gasteiger partial charge in [-0.05, 0) is 6.07 Å². The highest BCUT2D eigenvalue weighted by Crippen LogP contribution is 2.50. The zero-order valence-electron chi connectivity index (χ0n) is 14.8. The Labute approximate surface area is 146 Å². The number of carbonyl (C=O) groups excluding carboxylic acids is 1. The number of hydrogen-bond acceptors (Lipinski definition) is 6. The van der Waals surface area contributed by atoms with Crippen molar-refractivity contribution in [2.45, 2.75) is 25.7 Å². The van der Waals surface area contributed by atoms with E-state index >= 15 is 0 Å². The molecule has 0 unspecified atom stereocenters. The zero-order chi connectivity index (χ0) is 18.0. The molecule has 7 nitrogen and oxygen atoms in total. The Morgan fingerprint density at radius 3 is 2.60 bits per heavy atom. The molecule has 2 aromatic rings. The maximum absolute atomic E-state index is 12.3. The van der Waals surface area contributed by atoms with E-state index in [0.29, 0.717) is 22.9 Å². The van der Waals surface area contributed by atoms with Crippen LogP contribution in [0, 0.1) is 0 Å². The topological polar surface area (TPSA) is 82.6 Å². The average molecular weight is 343 g/mol. The van der Waals surface area contributed by atoms with Gasteiger partial charge in [-0.25, -0.2) is 9.97 Å². The molecule has 1 aromatic carbocycles. The Morgan fingerprint density at radius 1 is 1.20 bits per heavy atom. The lowest BCUT2D eigenvalue weighted by Crippen LogP contribution is -2.25. The highest BCUT2D eigenvalue weighted by atomic mass is 16.5. The summed E-state index contributed by atoms with van der Waals surface area (Å²) in [4.78, 5) is 21.1. The van der Waals surface area contributed by atoms with Gasteiger partial charge in [0.2, 0.25) is 11.7 Å². The molecule has 0 saturated carbocycles. The van der Waals surface area contributed by atoms with Crippen molar-refractivity contribution in [3.05, 3.63) is 35.4 Å². The molecule has 0 saturated heterocycles. The molecule has 3 rings (SSSR count). The fraction of sp³-hybridized carbons (Fsp3) is 0.389. The molecule has 0 fully saturated rings. The minimum absolute atomic E-state index is 0.0802. The smallest absolute Gasteiger partial charge is 0.225 e. The monoisotopic (exact) mass is 343 g/mol. The fourth-order valence-electron chi connectivity index (χ4n) is 3.15. The van der Waals surface area contributed by atoms with Gasteiger partial charge in [0.15, 0.2) is 11.5 Å². The molecule has 1 aromatic heterocycles. The number of fused-ring (bicyclic) bond motifs is 1. The van der Waals surface area contributed by atoms with E-state index in [1.54, 1.807) is 33.6 Å². The van der Waals surface area contributed by atoms with Crippen LogP contribution in [0.2, 0.25) is 0 Å². The van der Waals surface area contributed by atoms with Gasteiger partial charge in [0, 0.05) is 36.6 Å². The number of aromatic nitrogens is 2. The second-order valence-corrected chi connectivity index (χ2v) is 5.66. The van der Waals surface area contributed by atoms with Crippen molar-refractivity contribution in [2.75, 3.05) is 26.6 Å². The number of benzene rings is 1. The van der Waals surface area contributed by atoms with Crippen molar-refractivity contribution in [2.24, 2.45) is 0 Å². The van der Waals surface area contributed by atoms with Crippen LogP contribution in [0.4, 0.5) is 5.69 Å².